The number of carbonyl (C=O) groups is 1. The van der Waals surface area contributed by atoms with Crippen molar-refractivity contribution >= 4 is 16.0 Å². The highest BCUT2D eigenvalue weighted by molar-refractivity contribution is 7.89. The zero-order valence-corrected chi connectivity index (χ0v) is 16.0. The molecule has 0 aromatic heterocycles. The number of hydrogen-bond acceptors (Lipinski definition) is 5. The fourth-order valence-electron chi connectivity index (χ4n) is 4.44. The summed E-state index contributed by atoms with van der Waals surface area (Å²) >= 11 is 0. The van der Waals surface area contributed by atoms with Gasteiger partial charge in [-0.2, -0.15) is 4.31 Å². The molecular formula is C18H24FNO5S. The highest BCUT2D eigenvalue weighted by Gasteiger charge is 2.63. The van der Waals surface area contributed by atoms with E-state index in [0.29, 0.717) is 25.7 Å². The molecule has 1 aromatic carbocycles. The molecule has 3 atom stereocenters. The van der Waals surface area contributed by atoms with Crippen LogP contribution in [0, 0.1) is 11.2 Å². The van der Waals surface area contributed by atoms with Crippen molar-refractivity contribution in [2.24, 2.45) is 5.41 Å². The van der Waals surface area contributed by atoms with E-state index in [4.69, 9.17) is 9.47 Å². The molecule has 2 aliphatic heterocycles. The third-order valence-corrected chi connectivity index (χ3v) is 7.65. The molecule has 2 heterocycles. The van der Waals surface area contributed by atoms with Crippen LogP contribution in [-0.2, 0) is 19.6 Å². The average molecular weight is 385 g/mol. The minimum absolute atomic E-state index is 0.0113. The Labute approximate surface area is 153 Å². The number of hydrogen-bond donors (Lipinski definition) is 0. The summed E-state index contributed by atoms with van der Waals surface area (Å²) in [4.78, 5) is 12.5. The molecule has 26 heavy (non-hydrogen) atoms. The van der Waals surface area contributed by atoms with Gasteiger partial charge >= 0.3 is 5.97 Å². The summed E-state index contributed by atoms with van der Waals surface area (Å²) in [5.41, 5.74) is -0.822. The number of methoxy groups -OCH3 is 1. The molecule has 0 spiro atoms. The molecule has 8 heteroatoms. The summed E-state index contributed by atoms with van der Waals surface area (Å²) in [6, 6.07) is 2.90. The van der Waals surface area contributed by atoms with Crippen molar-refractivity contribution in [3.05, 3.63) is 24.0 Å². The highest BCUT2D eigenvalue weighted by atomic mass is 32.2. The summed E-state index contributed by atoms with van der Waals surface area (Å²) in [5, 5.41) is 0. The van der Waals surface area contributed by atoms with Crippen molar-refractivity contribution in [3.8, 4) is 5.75 Å². The van der Waals surface area contributed by atoms with Crippen molar-refractivity contribution in [3.63, 3.8) is 0 Å². The van der Waals surface area contributed by atoms with Crippen LogP contribution in [0.15, 0.2) is 23.1 Å². The standard InChI is InChI=1S/C18H24FNO5S/c1-4-18(17(21)25-5-2)11-12-6-9-16(18)20(12)26(22,23)13-7-8-15(24-3)14(19)10-13/h7-8,10,12,16H,4-6,9,11H2,1-3H3/t12-,16+,18+/m0/s1. The van der Waals surface area contributed by atoms with Gasteiger partial charge in [-0.3, -0.25) is 4.79 Å². The van der Waals surface area contributed by atoms with Gasteiger partial charge in [0.05, 0.1) is 24.0 Å². The molecule has 2 saturated heterocycles. The Morgan fingerprint density at radius 1 is 1.35 bits per heavy atom. The minimum atomic E-state index is -3.92. The Balaban J connectivity index is 1.99. The minimum Gasteiger partial charge on any atom is -0.494 e. The Bertz CT molecular complexity index is 812. The number of fused-ring (bicyclic) bond motifs is 2. The second-order valence-corrected chi connectivity index (χ2v) is 8.66. The maximum absolute atomic E-state index is 14.0. The molecule has 2 bridgehead atoms. The fraction of sp³-hybridized carbons (Fsp3) is 0.611. The number of ether oxygens (including phenoxy) is 2. The van der Waals surface area contributed by atoms with Gasteiger partial charge in [0.25, 0.3) is 0 Å². The lowest BCUT2D eigenvalue weighted by Gasteiger charge is -2.34. The smallest absolute Gasteiger partial charge is 0.313 e. The lowest BCUT2D eigenvalue weighted by Crippen LogP contribution is -2.45. The lowest BCUT2D eigenvalue weighted by molar-refractivity contribution is -0.157. The maximum Gasteiger partial charge on any atom is 0.313 e. The normalized spacial score (nSPS) is 28.3. The quantitative estimate of drug-likeness (QED) is 0.704. The second-order valence-electron chi connectivity index (χ2n) is 6.81. The Hall–Kier alpha value is -1.67. The number of nitrogens with zero attached hydrogens (tertiary/aromatic N) is 1. The van der Waals surface area contributed by atoms with Crippen molar-refractivity contribution in [1.82, 2.24) is 4.31 Å². The van der Waals surface area contributed by atoms with Crippen molar-refractivity contribution in [2.45, 2.75) is 56.5 Å². The first-order valence-corrected chi connectivity index (χ1v) is 10.3. The van der Waals surface area contributed by atoms with Gasteiger partial charge in [0.1, 0.15) is 0 Å². The summed E-state index contributed by atoms with van der Waals surface area (Å²) in [6.45, 7) is 3.88. The second kappa shape index (κ2) is 6.81. The van der Waals surface area contributed by atoms with E-state index in [-0.39, 0.29) is 29.3 Å². The van der Waals surface area contributed by atoms with Crippen LogP contribution < -0.4 is 4.74 Å². The number of esters is 1. The Morgan fingerprint density at radius 3 is 2.65 bits per heavy atom. The number of sulfonamides is 1. The molecular weight excluding hydrogens is 361 g/mol. The molecule has 0 radical (unpaired) electrons. The number of rotatable bonds is 6. The molecule has 6 nitrogen and oxygen atoms in total. The van der Waals surface area contributed by atoms with Crippen LogP contribution in [0.2, 0.25) is 0 Å². The Morgan fingerprint density at radius 2 is 2.08 bits per heavy atom. The van der Waals surface area contributed by atoms with Crippen molar-refractivity contribution in [2.75, 3.05) is 13.7 Å². The topological polar surface area (TPSA) is 72.9 Å². The van der Waals surface area contributed by atoms with Gasteiger partial charge in [-0.05, 0) is 50.8 Å². The number of halogens is 1. The average Bonchev–Trinajstić information content (AvgIpc) is 3.19. The van der Waals surface area contributed by atoms with Crippen LogP contribution >= 0.6 is 0 Å². The highest BCUT2D eigenvalue weighted by Crippen LogP contribution is 2.54. The Kier molecular flexibility index (Phi) is 5.00. The zero-order chi connectivity index (χ0) is 19.1. The predicted molar refractivity (Wildman–Crippen MR) is 92.8 cm³/mol. The van der Waals surface area contributed by atoms with Crippen molar-refractivity contribution < 1.29 is 27.1 Å². The van der Waals surface area contributed by atoms with Gasteiger partial charge in [0.2, 0.25) is 10.0 Å². The van der Waals surface area contributed by atoms with E-state index in [1.165, 1.54) is 23.5 Å². The maximum atomic E-state index is 14.0. The van der Waals surface area contributed by atoms with Crippen LogP contribution in [0.3, 0.4) is 0 Å². The van der Waals surface area contributed by atoms with E-state index in [1.54, 1.807) is 6.92 Å². The molecule has 2 fully saturated rings. The van der Waals surface area contributed by atoms with E-state index < -0.39 is 27.3 Å². The van der Waals surface area contributed by atoms with Gasteiger partial charge < -0.3 is 9.47 Å². The molecule has 0 N–H and O–H groups in total. The van der Waals surface area contributed by atoms with Crippen LogP contribution in [0.5, 0.6) is 5.75 Å². The fourth-order valence-corrected chi connectivity index (χ4v) is 6.39. The SMILES string of the molecule is CCOC(=O)[C@]1(CC)C[C@@H]2CC[C@H]1N2S(=O)(=O)c1ccc(OC)c(F)c1. The first-order chi connectivity index (χ1) is 12.3. The van der Waals surface area contributed by atoms with Gasteiger partial charge in [-0.25, -0.2) is 12.8 Å². The number of carbonyl (C=O) groups excluding carboxylic acids is 1. The third-order valence-electron chi connectivity index (χ3n) is 5.69. The van der Waals surface area contributed by atoms with E-state index >= 15 is 0 Å². The van der Waals surface area contributed by atoms with Gasteiger partial charge in [0, 0.05) is 12.1 Å². The summed E-state index contributed by atoms with van der Waals surface area (Å²) < 4.78 is 52.0. The van der Waals surface area contributed by atoms with Crippen LogP contribution in [-0.4, -0.2) is 44.5 Å². The molecule has 0 aliphatic carbocycles. The molecule has 0 unspecified atom stereocenters. The molecule has 0 amide bonds. The largest absolute Gasteiger partial charge is 0.494 e. The lowest BCUT2D eigenvalue weighted by atomic mass is 9.72. The van der Waals surface area contributed by atoms with Crippen LogP contribution in [0.4, 0.5) is 4.39 Å². The zero-order valence-electron chi connectivity index (χ0n) is 15.2. The summed E-state index contributed by atoms with van der Waals surface area (Å²) in [7, 11) is -2.60. The van der Waals surface area contributed by atoms with Gasteiger partial charge in [0.15, 0.2) is 11.6 Å². The van der Waals surface area contributed by atoms with E-state index in [1.807, 2.05) is 6.92 Å². The van der Waals surface area contributed by atoms with Crippen LogP contribution in [0.25, 0.3) is 0 Å². The molecule has 144 valence electrons. The van der Waals surface area contributed by atoms with E-state index in [9.17, 15) is 17.6 Å². The predicted octanol–water partition coefficient (Wildman–Crippen LogP) is 2.72. The first kappa shape index (κ1) is 19.1. The molecule has 0 saturated carbocycles. The number of benzene rings is 1. The van der Waals surface area contributed by atoms with E-state index in [2.05, 4.69) is 0 Å². The van der Waals surface area contributed by atoms with Gasteiger partial charge in [-0.1, -0.05) is 6.92 Å². The van der Waals surface area contributed by atoms with Crippen molar-refractivity contribution in [1.29, 1.82) is 0 Å². The summed E-state index contributed by atoms with van der Waals surface area (Å²) in [5.74, 6) is -1.08. The van der Waals surface area contributed by atoms with Crippen LogP contribution in [0.1, 0.15) is 39.5 Å². The summed E-state index contributed by atoms with van der Waals surface area (Å²) in [6.07, 6.45) is 2.26. The van der Waals surface area contributed by atoms with E-state index in [0.717, 1.165) is 6.07 Å². The van der Waals surface area contributed by atoms with Gasteiger partial charge in [-0.15, -0.1) is 0 Å². The monoisotopic (exact) mass is 385 g/mol. The first-order valence-electron chi connectivity index (χ1n) is 8.86. The molecule has 3 rings (SSSR count). The third kappa shape index (κ3) is 2.70. The molecule has 1 aromatic rings. The molecule has 2 aliphatic rings.